The summed E-state index contributed by atoms with van der Waals surface area (Å²) >= 11 is 0. The molecule has 0 aliphatic carbocycles. The summed E-state index contributed by atoms with van der Waals surface area (Å²) in [6.07, 6.45) is 0. The fraction of sp³-hybridized carbons (Fsp3) is 0.467. The fourth-order valence-corrected chi connectivity index (χ4v) is 1.54. The minimum Gasteiger partial charge on any atom is -0.376 e. The van der Waals surface area contributed by atoms with E-state index in [1.807, 2.05) is 25.1 Å². The van der Waals surface area contributed by atoms with E-state index in [0.717, 1.165) is 19.7 Å². The van der Waals surface area contributed by atoms with Crippen molar-refractivity contribution in [2.45, 2.75) is 20.5 Å². The lowest BCUT2D eigenvalue weighted by Crippen LogP contribution is -2.25. The third-order valence-corrected chi connectivity index (χ3v) is 2.43. The van der Waals surface area contributed by atoms with Crippen LogP contribution >= 0.6 is 0 Å². The quantitative estimate of drug-likeness (QED) is 0.697. The summed E-state index contributed by atoms with van der Waals surface area (Å²) in [5.74, 6) is 0.526. The normalized spacial score (nSPS) is 12.4. The lowest BCUT2D eigenvalue weighted by molar-refractivity contribution is 0.0921. The Hall–Kier alpha value is -1.12. The summed E-state index contributed by atoms with van der Waals surface area (Å²) < 4.78 is 5.68. The molecule has 17 heavy (non-hydrogen) atoms. The largest absolute Gasteiger partial charge is 0.376 e. The van der Waals surface area contributed by atoms with Gasteiger partial charge in [0.2, 0.25) is 0 Å². The molecule has 0 saturated heterocycles. The van der Waals surface area contributed by atoms with Crippen LogP contribution in [-0.4, -0.2) is 19.7 Å². The Balaban J connectivity index is 2.08. The number of hydrogen-bond donors (Lipinski definition) is 1. The zero-order valence-electron chi connectivity index (χ0n) is 10.9. The maximum absolute atomic E-state index is 5.68. The molecule has 1 N–H and O–H groups in total. The van der Waals surface area contributed by atoms with Gasteiger partial charge in [-0.25, -0.2) is 0 Å². The van der Waals surface area contributed by atoms with Gasteiger partial charge in [-0.05, 0) is 18.4 Å². The Morgan fingerprint density at radius 2 is 2.06 bits per heavy atom. The molecule has 0 aliphatic heterocycles. The predicted octanol–water partition coefficient (Wildman–Crippen LogP) is 3.01. The highest BCUT2D eigenvalue weighted by molar-refractivity contribution is 5.13. The molecular weight excluding hydrogens is 210 g/mol. The summed E-state index contributed by atoms with van der Waals surface area (Å²) in [7, 11) is 0. The minimum atomic E-state index is 0.526. The first-order valence-corrected chi connectivity index (χ1v) is 6.15. The van der Waals surface area contributed by atoms with Crippen molar-refractivity contribution in [2.75, 3.05) is 19.7 Å². The number of rotatable bonds is 8. The average Bonchev–Trinajstić information content (AvgIpc) is 2.30. The maximum Gasteiger partial charge on any atom is 0.0717 e. The topological polar surface area (TPSA) is 21.3 Å². The summed E-state index contributed by atoms with van der Waals surface area (Å²) in [5.41, 5.74) is 2.40. The third-order valence-electron chi connectivity index (χ3n) is 2.43. The van der Waals surface area contributed by atoms with E-state index in [1.54, 1.807) is 0 Å². The van der Waals surface area contributed by atoms with Gasteiger partial charge in [-0.15, -0.1) is 0 Å². The zero-order valence-corrected chi connectivity index (χ0v) is 10.9. The molecule has 0 spiro atoms. The van der Waals surface area contributed by atoms with E-state index in [2.05, 4.69) is 31.0 Å². The van der Waals surface area contributed by atoms with Crippen LogP contribution in [-0.2, 0) is 11.3 Å². The van der Waals surface area contributed by atoms with Crippen LogP contribution in [0, 0.1) is 5.92 Å². The predicted molar refractivity (Wildman–Crippen MR) is 72.9 cm³/mol. The molecule has 0 saturated carbocycles. The Morgan fingerprint density at radius 1 is 1.35 bits per heavy atom. The van der Waals surface area contributed by atoms with Gasteiger partial charge >= 0.3 is 0 Å². The van der Waals surface area contributed by atoms with Gasteiger partial charge in [0.25, 0.3) is 0 Å². The summed E-state index contributed by atoms with van der Waals surface area (Å²) in [6, 6.07) is 10.3. The first-order chi connectivity index (χ1) is 8.18. The van der Waals surface area contributed by atoms with E-state index in [4.69, 9.17) is 4.74 Å². The summed E-state index contributed by atoms with van der Waals surface area (Å²) in [5, 5.41) is 3.35. The molecule has 1 rings (SSSR count). The second-order valence-corrected chi connectivity index (χ2v) is 4.69. The molecule has 1 atom stereocenters. The minimum absolute atomic E-state index is 0.526. The third kappa shape index (κ3) is 6.93. The van der Waals surface area contributed by atoms with Gasteiger partial charge in [0.15, 0.2) is 0 Å². The molecule has 94 valence electrons. The monoisotopic (exact) mass is 233 g/mol. The van der Waals surface area contributed by atoms with Crippen molar-refractivity contribution in [1.29, 1.82) is 0 Å². The van der Waals surface area contributed by atoms with Crippen LogP contribution in [0.2, 0.25) is 0 Å². The molecule has 1 aromatic rings. The smallest absolute Gasteiger partial charge is 0.0717 e. The Bertz CT molecular complexity index is 321. The van der Waals surface area contributed by atoms with Gasteiger partial charge in [-0.1, -0.05) is 49.4 Å². The van der Waals surface area contributed by atoms with E-state index in [-0.39, 0.29) is 0 Å². The van der Waals surface area contributed by atoms with Crippen molar-refractivity contribution in [3.8, 4) is 0 Å². The lowest BCUT2D eigenvalue weighted by Gasteiger charge is -2.13. The molecule has 0 radical (unpaired) electrons. The van der Waals surface area contributed by atoms with Crippen molar-refractivity contribution in [2.24, 2.45) is 5.92 Å². The van der Waals surface area contributed by atoms with Gasteiger partial charge in [0.05, 0.1) is 13.2 Å². The molecule has 0 aliphatic rings. The van der Waals surface area contributed by atoms with E-state index in [0.29, 0.717) is 12.5 Å². The standard InChI is InChI=1S/C15H23NO/c1-13(2)9-16-10-14(3)11-17-12-15-7-5-4-6-8-15/h4-8,14,16H,1,9-12H2,2-3H3. The lowest BCUT2D eigenvalue weighted by atomic mass is 10.2. The summed E-state index contributed by atoms with van der Waals surface area (Å²) in [4.78, 5) is 0. The van der Waals surface area contributed by atoms with Crippen LogP contribution < -0.4 is 5.32 Å². The molecule has 2 heteroatoms. The van der Waals surface area contributed by atoms with Gasteiger partial charge in [-0.2, -0.15) is 0 Å². The molecule has 0 bridgehead atoms. The second-order valence-electron chi connectivity index (χ2n) is 4.69. The van der Waals surface area contributed by atoms with Crippen molar-refractivity contribution < 1.29 is 4.74 Å². The van der Waals surface area contributed by atoms with E-state index in [9.17, 15) is 0 Å². The Labute approximate surface area is 105 Å². The Kier molecular flexibility index (Phi) is 6.60. The van der Waals surface area contributed by atoms with Crippen LogP contribution in [0.4, 0.5) is 0 Å². The summed E-state index contributed by atoms with van der Waals surface area (Å²) in [6.45, 7) is 11.4. The first kappa shape index (κ1) is 13.9. The van der Waals surface area contributed by atoms with Gasteiger partial charge in [0.1, 0.15) is 0 Å². The molecule has 1 unspecified atom stereocenters. The van der Waals surface area contributed by atoms with Crippen LogP contribution in [0.15, 0.2) is 42.5 Å². The molecular formula is C15H23NO. The number of nitrogens with one attached hydrogen (secondary N) is 1. The van der Waals surface area contributed by atoms with Crippen LogP contribution in [0.3, 0.4) is 0 Å². The van der Waals surface area contributed by atoms with Crippen molar-refractivity contribution >= 4 is 0 Å². The van der Waals surface area contributed by atoms with E-state index < -0.39 is 0 Å². The Morgan fingerprint density at radius 3 is 2.71 bits per heavy atom. The van der Waals surface area contributed by atoms with Crippen molar-refractivity contribution in [3.63, 3.8) is 0 Å². The van der Waals surface area contributed by atoms with Gasteiger partial charge in [0, 0.05) is 13.1 Å². The molecule has 0 heterocycles. The van der Waals surface area contributed by atoms with Gasteiger partial charge < -0.3 is 10.1 Å². The van der Waals surface area contributed by atoms with Crippen molar-refractivity contribution in [3.05, 3.63) is 48.0 Å². The maximum atomic E-state index is 5.68. The zero-order chi connectivity index (χ0) is 12.5. The first-order valence-electron chi connectivity index (χ1n) is 6.15. The number of ether oxygens (including phenoxy) is 1. The van der Waals surface area contributed by atoms with E-state index in [1.165, 1.54) is 11.1 Å². The molecule has 0 aromatic heterocycles. The highest BCUT2D eigenvalue weighted by Gasteiger charge is 2.01. The van der Waals surface area contributed by atoms with Crippen LogP contribution in [0.1, 0.15) is 19.4 Å². The highest BCUT2D eigenvalue weighted by Crippen LogP contribution is 2.02. The van der Waals surface area contributed by atoms with Crippen LogP contribution in [0.5, 0.6) is 0 Å². The molecule has 2 nitrogen and oxygen atoms in total. The molecule has 0 amide bonds. The fourth-order valence-electron chi connectivity index (χ4n) is 1.54. The number of benzene rings is 1. The molecule has 1 aromatic carbocycles. The van der Waals surface area contributed by atoms with Crippen LogP contribution in [0.25, 0.3) is 0 Å². The average molecular weight is 233 g/mol. The number of hydrogen-bond acceptors (Lipinski definition) is 2. The van der Waals surface area contributed by atoms with Crippen molar-refractivity contribution in [1.82, 2.24) is 5.32 Å². The highest BCUT2D eigenvalue weighted by atomic mass is 16.5. The SMILES string of the molecule is C=C(C)CNCC(C)COCc1ccccc1. The van der Waals surface area contributed by atoms with Gasteiger partial charge in [-0.3, -0.25) is 0 Å². The second kappa shape index (κ2) is 8.04. The van der Waals surface area contributed by atoms with E-state index >= 15 is 0 Å². The molecule has 0 fully saturated rings.